The summed E-state index contributed by atoms with van der Waals surface area (Å²) in [6, 6.07) is 0. The summed E-state index contributed by atoms with van der Waals surface area (Å²) in [5.74, 6) is 0.869. The Bertz CT molecular complexity index is 95.3. The van der Waals surface area contributed by atoms with Gasteiger partial charge in [-0.25, -0.2) is 0 Å². The standard InChI is InChI=1S/C11H25B/c1-6-11(7-2,12-5)9-8-10(3)4/h10,12H,6-9H2,1-5H3. The first kappa shape index (κ1) is 12.1. The summed E-state index contributed by atoms with van der Waals surface area (Å²) in [6.45, 7) is 11.7. The van der Waals surface area contributed by atoms with Crippen molar-refractivity contribution in [1.82, 2.24) is 0 Å². The molecule has 0 aromatic rings. The van der Waals surface area contributed by atoms with Crippen molar-refractivity contribution < 1.29 is 0 Å². The smallest absolute Gasteiger partial charge is 0.0888 e. The van der Waals surface area contributed by atoms with Crippen LogP contribution in [0.4, 0.5) is 0 Å². The molecule has 0 rings (SSSR count). The maximum atomic E-state index is 2.34. The molecule has 0 radical (unpaired) electrons. The lowest BCUT2D eigenvalue weighted by Crippen LogP contribution is -2.17. The average molecular weight is 168 g/mol. The normalized spacial score (nSPS) is 12.2. The summed E-state index contributed by atoms with van der Waals surface area (Å²) < 4.78 is 0. The van der Waals surface area contributed by atoms with E-state index in [-0.39, 0.29) is 0 Å². The number of hydrogen-bond donors (Lipinski definition) is 0. The Hall–Kier alpha value is 0.0649. The fourth-order valence-corrected chi connectivity index (χ4v) is 1.88. The molecule has 72 valence electrons. The van der Waals surface area contributed by atoms with Gasteiger partial charge in [0.1, 0.15) is 7.28 Å². The molecule has 0 N–H and O–H groups in total. The molecule has 0 heterocycles. The highest BCUT2D eigenvalue weighted by atomic mass is 14.2. The molecule has 0 unspecified atom stereocenters. The summed E-state index contributed by atoms with van der Waals surface area (Å²) in [6.07, 6.45) is 5.53. The average Bonchev–Trinajstić information content (AvgIpc) is 2.08. The highest BCUT2D eigenvalue weighted by Crippen LogP contribution is 2.39. The molecule has 0 nitrogen and oxygen atoms in total. The summed E-state index contributed by atoms with van der Waals surface area (Å²) >= 11 is 0. The fourth-order valence-electron chi connectivity index (χ4n) is 1.88. The van der Waals surface area contributed by atoms with Crippen LogP contribution in [0.25, 0.3) is 0 Å². The van der Waals surface area contributed by atoms with Gasteiger partial charge in [-0.05, 0) is 5.92 Å². The van der Waals surface area contributed by atoms with Crippen LogP contribution in [-0.2, 0) is 0 Å². The van der Waals surface area contributed by atoms with Crippen LogP contribution in [0.3, 0.4) is 0 Å². The van der Waals surface area contributed by atoms with Crippen molar-refractivity contribution in [3.05, 3.63) is 0 Å². The molecule has 0 atom stereocenters. The van der Waals surface area contributed by atoms with Crippen LogP contribution in [0, 0.1) is 5.92 Å². The Labute approximate surface area is 79.4 Å². The minimum absolute atomic E-state index is 0.657. The fraction of sp³-hybridized carbons (Fsp3) is 1.00. The van der Waals surface area contributed by atoms with E-state index in [4.69, 9.17) is 0 Å². The van der Waals surface area contributed by atoms with Gasteiger partial charge >= 0.3 is 0 Å². The van der Waals surface area contributed by atoms with E-state index in [9.17, 15) is 0 Å². The first-order chi connectivity index (χ1) is 5.60. The molecule has 0 aromatic heterocycles. The summed E-state index contributed by atoms with van der Waals surface area (Å²) in [4.78, 5) is 0. The zero-order chi connectivity index (χ0) is 9.61. The van der Waals surface area contributed by atoms with Gasteiger partial charge < -0.3 is 0 Å². The molecule has 1 heteroatoms. The van der Waals surface area contributed by atoms with Crippen molar-refractivity contribution in [2.24, 2.45) is 5.92 Å². The van der Waals surface area contributed by atoms with Crippen molar-refractivity contribution in [1.29, 1.82) is 0 Å². The van der Waals surface area contributed by atoms with Crippen LogP contribution in [-0.4, -0.2) is 7.28 Å². The Kier molecular flexibility index (Phi) is 5.70. The Morgan fingerprint density at radius 2 is 1.67 bits per heavy atom. The first-order valence-electron chi connectivity index (χ1n) is 5.60. The van der Waals surface area contributed by atoms with Crippen molar-refractivity contribution in [3.8, 4) is 0 Å². The number of hydrogen-bond acceptors (Lipinski definition) is 0. The van der Waals surface area contributed by atoms with Gasteiger partial charge in [-0.15, -0.1) is 0 Å². The van der Waals surface area contributed by atoms with Crippen molar-refractivity contribution in [2.75, 3.05) is 0 Å². The zero-order valence-electron chi connectivity index (χ0n) is 9.61. The molecular weight excluding hydrogens is 143 g/mol. The predicted octanol–water partition coefficient (Wildman–Crippen LogP) is 3.89. The summed E-state index contributed by atoms with van der Waals surface area (Å²) in [5.41, 5.74) is 0. The SMILES string of the molecule is CBC(CC)(CC)CCC(C)C. The van der Waals surface area contributed by atoms with Gasteiger partial charge in [0, 0.05) is 0 Å². The van der Waals surface area contributed by atoms with Crippen LogP contribution in [0.1, 0.15) is 53.4 Å². The minimum atomic E-state index is 0.657. The molecule has 0 aliphatic rings. The second-order valence-electron chi connectivity index (χ2n) is 4.49. The third-order valence-corrected chi connectivity index (χ3v) is 3.50. The van der Waals surface area contributed by atoms with E-state index in [1.54, 1.807) is 0 Å². The van der Waals surface area contributed by atoms with Crippen LogP contribution in [0.15, 0.2) is 0 Å². The van der Waals surface area contributed by atoms with E-state index in [2.05, 4.69) is 34.5 Å². The third kappa shape index (κ3) is 3.64. The van der Waals surface area contributed by atoms with E-state index in [0.29, 0.717) is 5.31 Å². The molecule has 0 saturated carbocycles. The Morgan fingerprint density at radius 3 is 1.92 bits per heavy atom. The first-order valence-corrected chi connectivity index (χ1v) is 5.60. The maximum Gasteiger partial charge on any atom is 0.124 e. The highest BCUT2D eigenvalue weighted by Gasteiger charge is 2.24. The molecule has 12 heavy (non-hydrogen) atoms. The van der Waals surface area contributed by atoms with Gasteiger partial charge in [-0.1, -0.05) is 65.5 Å². The molecule has 0 bridgehead atoms. The van der Waals surface area contributed by atoms with Crippen LogP contribution in [0.2, 0.25) is 12.1 Å². The van der Waals surface area contributed by atoms with Crippen molar-refractivity contribution in [2.45, 2.75) is 65.5 Å². The van der Waals surface area contributed by atoms with Gasteiger partial charge in [-0.2, -0.15) is 0 Å². The van der Waals surface area contributed by atoms with Crippen LogP contribution >= 0.6 is 0 Å². The molecule has 0 aliphatic heterocycles. The lowest BCUT2D eigenvalue weighted by molar-refractivity contribution is 0.418. The van der Waals surface area contributed by atoms with E-state index in [0.717, 1.165) is 5.92 Å². The Balaban J connectivity index is 3.93. The van der Waals surface area contributed by atoms with Gasteiger partial charge in [-0.3, -0.25) is 0 Å². The minimum Gasteiger partial charge on any atom is -0.0888 e. The van der Waals surface area contributed by atoms with Gasteiger partial charge in [0.05, 0.1) is 0 Å². The molecule has 0 fully saturated rings. The second kappa shape index (κ2) is 5.67. The lowest BCUT2D eigenvalue weighted by atomic mass is 9.49. The van der Waals surface area contributed by atoms with E-state index in [1.165, 1.54) is 33.0 Å². The summed E-state index contributed by atoms with van der Waals surface area (Å²) in [7, 11) is 1.35. The molecule has 0 saturated heterocycles. The van der Waals surface area contributed by atoms with E-state index < -0.39 is 0 Å². The molecule has 0 aromatic carbocycles. The molecule has 0 aliphatic carbocycles. The van der Waals surface area contributed by atoms with Crippen molar-refractivity contribution >= 4 is 7.28 Å². The van der Waals surface area contributed by atoms with Gasteiger partial charge in [0.25, 0.3) is 0 Å². The molecule has 0 spiro atoms. The Morgan fingerprint density at radius 1 is 1.17 bits per heavy atom. The number of rotatable bonds is 6. The van der Waals surface area contributed by atoms with Crippen LogP contribution < -0.4 is 0 Å². The lowest BCUT2D eigenvalue weighted by Gasteiger charge is -2.30. The van der Waals surface area contributed by atoms with E-state index in [1.807, 2.05) is 0 Å². The summed E-state index contributed by atoms with van der Waals surface area (Å²) in [5, 5.41) is 0.657. The van der Waals surface area contributed by atoms with Gasteiger partial charge in [0.15, 0.2) is 0 Å². The molecule has 0 amide bonds. The predicted molar refractivity (Wildman–Crippen MR) is 60.4 cm³/mol. The zero-order valence-corrected chi connectivity index (χ0v) is 9.61. The quantitative estimate of drug-likeness (QED) is 0.528. The highest BCUT2D eigenvalue weighted by molar-refractivity contribution is 6.38. The van der Waals surface area contributed by atoms with Gasteiger partial charge in [0.2, 0.25) is 0 Å². The monoisotopic (exact) mass is 168 g/mol. The second-order valence-corrected chi connectivity index (χ2v) is 4.49. The topological polar surface area (TPSA) is 0 Å². The van der Waals surface area contributed by atoms with Crippen LogP contribution in [0.5, 0.6) is 0 Å². The van der Waals surface area contributed by atoms with Crippen molar-refractivity contribution in [3.63, 3.8) is 0 Å². The molecular formula is C11H25B. The maximum absolute atomic E-state index is 2.34. The van der Waals surface area contributed by atoms with E-state index >= 15 is 0 Å². The third-order valence-electron chi connectivity index (χ3n) is 3.50. The largest absolute Gasteiger partial charge is 0.124 e.